The molecular weight excluding hydrogens is 392 g/mol. The third-order valence-electron chi connectivity index (χ3n) is 5.13. The highest BCUT2D eigenvalue weighted by Gasteiger charge is 2.25. The molecule has 1 unspecified atom stereocenters. The molecule has 0 radical (unpaired) electrons. The van der Waals surface area contributed by atoms with Crippen molar-refractivity contribution >= 4 is 39.0 Å². The lowest BCUT2D eigenvalue weighted by Crippen LogP contribution is -2.29. The number of methoxy groups -OCH3 is 1. The molecule has 9 heteroatoms. The standard InChI is InChI=1S/C20H22N4O4S/c1-11-15-17(22-10-23-19(15)29-16(11)20(25)26)24-14-7-4-8-21-18(14)28-13-6-3-5-12(9-13)27-2/h4,7-8,10,12-13H,3,5-6,9H2,1-2H3,(H,25,26)(H,22,23,24)/t12-,13?/m0/s1. The Bertz CT molecular complexity index is 1040. The lowest BCUT2D eigenvalue weighted by atomic mass is 9.95. The van der Waals surface area contributed by atoms with Crippen molar-refractivity contribution in [3.63, 3.8) is 0 Å². The lowest BCUT2D eigenvalue weighted by Gasteiger charge is -2.28. The lowest BCUT2D eigenvalue weighted by molar-refractivity contribution is 0.0197. The van der Waals surface area contributed by atoms with Gasteiger partial charge in [0.05, 0.1) is 11.5 Å². The van der Waals surface area contributed by atoms with Crippen molar-refractivity contribution in [3.8, 4) is 5.88 Å². The molecule has 2 atom stereocenters. The number of rotatable bonds is 6. The Balaban J connectivity index is 1.63. The highest BCUT2D eigenvalue weighted by molar-refractivity contribution is 7.20. The van der Waals surface area contributed by atoms with Crippen LogP contribution in [0.4, 0.5) is 11.5 Å². The van der Waals surface area contributed by atoms with E-state index in [-0.39, 0.29) is 17.1 Å². The van der Waals surface area contributed by atoms with Crippen LogP contribution in [0.25, 0.3) is 10.2 Å². The van der Waals surface area contributed by atoms with E-state index in [1.807, 2.05) is 12.1 Å². The summed E-state index contributed by atoms with van der Waals surface area (Å²) in [4.78, 5) is 25.3. The van der Waals surface area contributed by atoms with Gasteiger partial charge in [0.1, 0.15) is 33.6 Å². The second-order valence-corrected chi connectivity index (χ2v) is 8.01. The van der Waals surface area contributed by atoms with Gasteiger partial charge in [0.2, 0.25) is 5.88 Å². The van der Waals surface area contributed by atoms with E-state index in [2.05, 4.69) is 20.3 Å². The van der Waals surface area contributed by atoms with Crippen molar-refractivity contribution in [1.29, 1.82) is 0 Å². The van der Waals surface area contributed by atoms with Gasteiger partial charge in [0.25, 0.3) is 0 Å². The van der Waals surface area contributed by atoms with Crippen LogP contribution >= 0.6 is 11.3 Å². The second-order valence-electron chi connectivity index (χ2n) is 7.01. The molecule has 0 saturated heterocycles. The van der Waals surface area contributed by atoms with Gasteiger partial charge >= 0.3 is 5.97 Å². The number of thiophene rings is 1. The first kappa shape index (κ1) is 19.5. The average Bonchev–Trinajstić information content (AvgIpc) is 3.07. The van der Waals surface area contributed by atoms with E-state index in [9.17, 15) is 9.90 Å². The Hall–Kier alpha value is -2.78. The Morgan fingerprint density at radius 3 is 2.90 bits per heavy atom. The number of nitrogens with one attached hydrogen (secondary N) is 1. The molecule has 0 aromatic carbocycles. The summed E-state index contributed by atoms with van der Waals surface area (Å²) in [5.74, 6) is 0.0618. The fourth-order valence-corrected chi connectivity index (χ4v) is 4.65. The Kier molecular flexibility index (Phi) is 5.59. The van der Waals surface area contributed by atoms with Gasteiger partial charge in [-0.2, -0.15) is 0 Å². The van der Waals surface area contributed by atoms with Crippen LogP contribution in [0.15, 0.2) is 24.7 Å². The van der Waals surface area contributed by atoms with Gasteiger partial charge in [-0.15, -0.1) is 11.3 Å². The number of fused-ring (bicyclic) bond motifs is 1. The van der Waals surface area contributed by atoms with Crippen LogP contribution in [-0.4, -0.2) is 45.3 Å². The number of carboxylic acid groups (broad SMARTS) is 1. The Morgan fingerprint density at radius 1 is 1.28 bits per heavy atom. The highest BCUT2D eigenvalue weighted by atomic mass is 32.1. The molecule has 1 saturated carbocycles. The first-order valence-electron chi connectivity index (χ1n) is 9.45. The minimum Gasteiger partial charge on any atom is -0.477 e. The zero-order valence-electron chi connectivity index (χ0n) is 16.2. The van der Waals surface area contributed by atoms with Crippen LogP contribution in [0.3, 0.4) is 0 Å². The summed E-state index contributed by atoms with van der Waals surface area (Å²) in [5.41, 5.74) is 1.32. The maximum atomic E-state index is 11.5. The van der Waals surface area contributed by atoms with E-state index in [4.69, 9.17) is 9.47 Å². The zero-order chi connectivity index (χ0) is 20.4. The van der Waals surface area contributed by atoms with Crippen molar-refractivity contribution in [2.45, 2.75) is 44.8 Å². The smallest absolute Gasteiger partial charge is 0.346 e. The molecule has 29 heavy (non-hydrogen) atoms. The van der Waals surface area contributed by atoms with Crippen molar-refractivity contribution in [2.75, 3.05) is 12.4 Å². The van der Waals surface area contributed by atoms with Gasteiger partial charge in [0, 0.05) is 19.7 Å². The van der Waals surface area contributed by atoms with E-state index in [1.165, 1.54) is 6.33 Å². The van der Waals surface area contributed by atoms with Gasteiger partial charge in [-0.25, -0.2) is 19.7 Å². The summed E-state index contributed by atoms with van der Waals surface area (Å²) in [7, 11) is 1.73. The number of pyridine rings is 1. The first-order chi connectivity index (χ1) is 14.1. The van der Waals surface area contributed by atoms with Crippen LogP contribution in [0, 0.1) is 6.92 Å². The molecule has 3 aromatic heterocycles. The number of nitrogens with zero attached hydrogens (tertiary/aromatic N) is 3. The van der Waals surface area contributed by atoms with Crippen LogP contribution in [0.2, 0.25) is 0 Å². The quantitative estimate of drug-likeness (QED) is 0.619. The molecule has 0 amide bonds. The van der Waals surface area contributed by atoms with Gasteiger partial charge in [-0.1, -0.05) is 0 Å². The third kappa shape index (κ3) is 4.01. The largest absolute Gasteiger partial charge is 0.477 e. The molecular formula is C20H22N4O4S. The summed E-state index contributed by atoms with van der Waals surface area (Å²) < 4.78 is 11.7. The average molecular weight is 414 g/mol. The number of anilines is 2. The summed E-state index contributed by atoms with van der Waals surface area (Å²) >= 11 is 1.14. The molecule has 1 aliphatic carbocycles. The number of aromatic nitrogens is 3. The molecule has 0 bridgehead atoms. The molecule has 0 spiro atoms. The number of aryl methyl sites for hydroxylation is 1. The highest BCUT2D eigenvalue weighted by Crippen LogP contribution is 2.36. The van der Waals surface area contributed by atoms with E-state index >= 15 is 0 Å². The monoisotopic (exact) mass is 414 g/mol. The van der Waals surface area contributed by atoms with Crippen LogP contribution in [0.5, 0.6) is 5.88 Å². The van der Waals surface area contributed by atoms with E-state index in [0.29, 0.717) is 33.2 Å². The van der Waals surface area contributed by atoms with Crippen molar-refractivity contribution in [1.82, 2.24) is 15.0 Å². The number of carboxylic acids is 1. The van der Waals surface area contributed by atoms with Crippen molar-refractivity contribution in [3.05, 3.63) is 35.1 Å². The second kappa shape index (κ2) is 8.30. The van der Waals surface area contributed by atoms with Gasteiger partial charge in [-0.05, 0) is 43.9 Å². The number of carbonyl (C=O) groups is 1. The molecule has 8 nitrogen and oxygen atoms in total. The van der Waals surface area contributed by atoms with Crippen LogP contribution in [-0.2, 0) is 4.74 Å². The van der Waals surface area contributed by atoms with Gasteiger partial charge < -0.3 is 19.9 Å². The van der Waals surface area contributed by atoms with Gasteiger partial charge in [0.15, 0.2) is 0 Å². The Labute approximate surface area is 171 Å². The summed E-state index contributed by atoms with van der Waals surface area (Å²) in [6, 6.07) is 3.68. The summed E-state index contributed by atoms with van der Waals surface area (Å²) in [5, 5.41) is 13.4. The fourth-order valence-electron chi connectivity index (χ4n) is 3.66. The zero-order valence-corrected chi connectivity index (χ0v) is 17.0. The molecule has 3 aromatic rings. The number of aromatic carboxylic acids is 1. The molecule has 1 aliphatic rings. The summed E-state index contributed by atoms with van der Waals surface area (Å²) in [6.07, 6.45) is 7.24. The molecule has 4 rings (SSSR count). The maximum absolute atomic E-state index is 11.5. The van der Waals surface area contributed by atoms with Crippen LogP contribution in [0.1, 0.15) is 40.9 Å². The van der Waals surface area contributed by atoms with Gasteiger partial charge in [-0.3, -0.25) is 0 Å². The SMILES string of the molecule is CO[C@H]1CCCC(Oc2ncccc2Nc2ncnc3sc(C(=O)O)c(C)c23)C1. The van der Waals surface area contributed by atoms with E-state index < -0.39 is 5.97 Å². The molecule has 1 fully saturated rings. The normalized spacial score (nSPS) is 19.2. The fraction of sp³-hybridized carbons (Fsp3) is 0.400. The maximum Gasteiger partial charge on any atom is 0.346 e. The van der Waals surface area contributed by atoms with Crippen molar-refractivity contribution < 1.29 is 19.4 Å². The molecule has 152 valence electrons. The topological polar surface area (TPSA) is 106 Å². The molecule has 0 aliphatic heterocycles. The van der Waals surface area contributed by atoms with Crippen molar-refractivity contribution in [2.24, 2.45) is 0 Å². The number of hydrogen-bond donors (Lipinski definition) is 2. The minimum absolute atomic E-state index is 0.0380. The molecule has 2 N–H and O–H groups in total. The van der Waals surface area contributed by atoms with E-state index in [0.717, 1.165) is 37.0 Å². The Morgan fingerprint density at radius 2 is 2.10 bits per heavy atom. The predicted molar refractivity (Wildman–Crippen MR) is 110 cm³/mol. The third-order valence-corrected chi connectivity index (χ3v) is 6.32. The number of hydrogen-bond acceptors (Lipinski definition) is 8. The van der Waals surface area contributed by atoms with Crippen LogP contribution < -0.4 is 10.1 Å². The van der Waals surface area contributed by atoms with E-state index in [1.54, 1.807) is 20.2 Å². The first-order valence-corrected chi connectivity index (χ1v) is 10.3. The summed E-state index contributed by atoms with van der Waals surface area (Å²) in [6.45, 7) is 1.77. The number of ether oxygens (including phenoxy) is 2. The molecule has 3 heterocycles. The minimum atomic E-state index is -0.966. The predicted octanol–water partition coefficient (Wildman–Crippen LogP) is 4.17.